The van der Waals surface area contributed by atoms with Crippen LogP contribution in [-0.2, 0) is 0 Å². The van der Waals surface area contributed by atoms with E-state index in [0.717, 1.165) is 27.4 Å². The quantitative estimate of drug-likeness (QED) is 0.448. The maximum absolute atomic E-state index is 9.68. The van der Waals surface area contributed by atoms with Crippen molar-refractivity contribution in [1.29, 1.82) is 0 Å². The first kappa shape index (κ1) is 20.4. The molecule has 0 unspecified atom stereocenters. The van der Waals surface area contributed by atoms with Gasteiger partial charge in [0, 0.05) is 10.7 Å². The lowest BCUT2D eigenvalue weighted by atomic mass is 10.1. The molecule has 1 atom stereocenters. The minimum atomic E-state index is -0.130. The van der Waals surface area contributed by atoms with Gasteiger partial charge in [-0.15, -0.1) is 0 Å². The molecule has 3 rings (SSSR count). The van der Waals surface area contributed by atoms with Crippen molar-refractivity contribution < 1.29 is 9.67 Å². The first-order valence-electron chi connectivity index (χ1n) is 9.51. The number of imidazole rings is 1. The third-order valence-corrected chi connectivity index (χ3v) is 5.20. The fourth-order valence-electron chi connectivity index (χ4n) is 2.96. The molecule has 28 heavy (non-hydrogen) atoms. The van der Waals surface area contributed by atoms with Crippen LogP contribution in [0.1, 0.15) is 39.3 Å². The highest BCUT2D eigenvalue weighted by Gasteiger charge is 2.23. The molecule has 0 aliphatic heterocycles. The van der Waals surface area contributed by atoms with Crippen molar-refractivity contribution in [2.24, 2.45) is 5.92 Å². The van der Waals surface area contributed by atoms with Crippen molar-refractivity contribution in [3.05, 3.63) is 35.1 Å². The van der Waals surface area contributed by atoms with Crippen LogP contribution in [0.5, 0.6) is 0 Å². The van der Waals surface area contributed by atoms with Crippen LogP contribution in [0.25, 0.3) is 11.2 Å². The molecule has 0 spiro atoms. The molecule has 7 nitrogen and oxygen atoms in total. The molecule has 0 fully saturated rings. The van der Waals surface area contributed by atoms with Gasteiger partial charge in [-0.25, -0.2) is 4.57 Å². The maximum Gasteiger partial charge on any atom is 0.309 e. The molecule has 150 valence electrons. The number of aryl methyl sites for hydroxylation is 1. The van der Waals surface area contributed by atoms with Gasteiger partial charge in [0.15, 0.2) is 12.1 Å². The Morgan fingerprint density at radius 2 is 1.96 bits per heavy atom. The molecule has 0 saturated heterocycles. The summed E-state index contributed by atoms with van der Waals surface area (Å²) in [5.41, 5.74) is 3.48. The van der Waals surface area contributed by atoms with E-state index in [1.165, 1.54) is 0 Å². The van der Waals surface area contributed by atoms with Crippen LogP contribution in [0.4, 0.5) is 17.5 Å². The first-order valence-corrected chi connectivity index (χ1v) is 9.88. The number of anilines is 3. The monoisotopic (exact) mass is 403 g/mol. The molecule has 0 aliphatic carbocycles. The second-order valence-electron chi connectivity index (χ2n) is 7.64. The summed E-state index contributed by atoms with van der Waals surface area (Å²) in [4.78, 5) is 12.6. The molecule has 0 amide bonds. The number of hydrogen-bond acceptors (Lipinski definition) is 5. The molecular weight excluding hydrogens is 376 g/mol. The molecule has 0 bridgehead atoms. The lowest BCUT2D eigenvalue weighted by Crippen LogP contribution is -2.35. The number of H-pyrrole nitrogens is 1. The van der Waals surface area contributed by atoms with Crippen LogP contribution in [0, 0.1) is 12.8 Å². The predicted molar refractivity (Wildman–Crippen MR) is 113 cm³/mol. The first-order chi connectivity index (χ1) is 13.3. The van der Waals surface area contributed by atoms with Gasteiger partial charge in [-0.3, -0.25) is 4.98 Å². The van der Waals surface area contributed by atoms with Crippen LogP contribution in [0.15, 0.2) is 24.5 Å². The van der Waals surface area contributed by atoms with E-state index in [1.807, 2.05) is 45.3 Å². The molecule has 0 saturated carbocycles. The molecule has 1 aromatic carbocycles. The van der Waals surface area contributed by atoms with Gasteiger partial charge >= 0.3 is 11.6 Å². The summed E-state index contributed by atoms with van der Waals surface area (Å²) in [6, 6.07) is 5.87. The van der Waals surface area contributed by atoms with Crippen LogP contribution in [-0.4, -0.2) is 32.7 Å². The van der Waals surface area contributed by atoms with Gasteiger partial charge < -0.3 is 15.7 Å². The number of benzene rings is 1. The Kier molecular flexibility index (Phi) is 6.05. The van der Waals surface area contributed by atoms with Gasteiger partial charge in [-0.05, 0) is 50.5 Å². The van der Waals surface area contributed by atoms with Gasteiger partial charge in [0.2, 0.25) is 5.52 Å². The second kappa shape index (κ2) is 8.32. The van der Waals surface area contributed by atoms with Gasteiger partial charge in [0.05, 0.1) is 18.7 Å². The molecule has 0 radical (unpaired) electrons. The average molecular weight is 404 g/mol. The van der Waals surface area contributed by atoms with E-state index in [0.29, 0.717) is 11.8 Å². The van der Waals surface area contributed by atoms with E-state index in [-0.39, 0.29) is 24.6 Å². The van der Waals surface area contributed by atoms with E-state index in [2.05, 4.69) is 39.0 Å². The Balaban J connectivity index is 2.07. The summed E-state index contributed by atoms with van der Waals surface area (Å²) in [6.45, 7) is 10.3. The van der Waals surface area contributed by atoms with Gasteiger partial charge in [0.1, 0.15) is 0 Å². The molecule has 8 heteroatoms. The van der Waals surface area contributed by atoms with E-state index in [9.17, 15) is 5.11 Å². The summed E-state index contributed by atoms with van der Waals surface area (Å²) < 4.78 is 2.06. The highest BCUT2D eigenvalue weighted by molar-refractivity contribution is 6.31. The number of hydrogen-bond donors (Lipinski definition) is 4. The van der Waals surface area contributed by atoms with Gasteiger partial charge in [-0.1, -0.05) is 30.4 Å². The molecule has 2 aromatic heterocycles. The SMILES string of the molecule is Cc1cc(Nc2nc(N[C@@H](CO)C(C)C)nc3c2[nH]c[n+]3C(C)C)ccc1Cl. The Morgan fingerprint density at radius 1 is 1.21 bits per heavy atom. The second-order valence-corrected chi connectivity index (χ2v) is 8.04. The fraction of sp³-hybridized carbons (Fsp3) is 0.450. The zero-order valence-electron chi connectivity index (χ0n) is 16.9. The van der Waals surface area contributed by atoms with Crippen LogP contribution in [0.3, 0.4) is 0 Å². The normalized spacial score (nSPS) is 12.8. The minimum Gasteiger partial charge on any atom is -0.394 e. The van der Waals surface area contributed by atoms with Crippen molar-refractivity contribution in [2.75, 3.05) is 17.2 Å². The predicted octanol–water partition coefficient (Wildman–Crippen LogP) is 3.96. The smallest absolute Gasteiger partial charge is 0.309 e. The Hall–Kier alpha value is -2.38. The number of nitrogens with one attached hydrogen (secondary N) is 3. The average Bonchev–Trinajstić information content (AvgIpc) is 3.07. The summed E-state index contributed by atoms with van der Waals surface area (Å²) in [7, 11) is 0. The summed E-state index contributed by atoms with van der Waals surface area (Å²) in [6.07, 6.45) is 1.90. The molecule has 3 aromatic rings. The van der Waals surface area contributed by atoms with Crippen molar-refractivity contribution >= 4 is 40.2 Å². The van der Waals surface area contributed by atoms with E-state index < -0.39 is 0 Å². The number of aliphatic hydroxyl groups is 1. The van der Waals surface area contributed by atoms with Crippen LogP contribution < -0.4 is 15.2 Å². The van der Waals surface area contributed by atoms with Crippen molar-refractivity contribution in [3.8, 4) is 0 Å². The number of rotatable bonds is 7. The van der Waals surface area contributed by atoms with Crippen molar-refractivity contribution in [3.63, 3.8) is 0 Å². The zero-order valence-corrected chi connectivity index (χ0v) is 17.7. The highest BCUT2D eigenvalue weighted by Crippen LogP contribution is 2.26. The molecule has 0 aliphatic rings. The molecular formula is C20H28ClN6O+. The topological polar surface area (TPSA) is 89.7 Å². The summed E-state index contributed by atoms with van der Waals surface area (Å²) in [5.74, 6) is 1.37. The van der Waals surface area contributed by atoms with Gasteiger partial charge in [0.25, 0.3) is 0 Å². The van der Waals surface area contributed by atoms with Crippen molar-refractivity contribution in [2.45, 2.75) is 46.7 Å². The van der Waals surface area contributed by atoms with Crippen LogP contribution in [0.2, 0.25) is 5.02 Å². The number of fused-ring (bicyclic) bond motifs is 1. The van der Waals surface area contributed by atoms with Gasteiger partial charge in [-0.2, -0.15) is 4.98 Å². The Bertz CT molecular complexity index is 969. The number of nitrogens with zero attached hydrogens (tertiary/aromatic N) is 3. The van der Waals surface area contributed by atoms with E-state index in [1.54, 1.807) is 0 Å². The fourth-order valence-corrected chi connectivity index (χ4v) is 3.08. The van der Waals surface area contributed by atoms with E-state index in [4.69, 9.17) is 16.6 Å². The highest BCUT2D eigenvalue weighted by atomic mass is 35.5. The lowest BCUT2D eigenvalue weighted by Gasteiger charge is -2.19. The minimum absolute atomic E-state index is 0.00945. The number of aliphatic hydroxyl groups excluding tert-OH is 1. The number of aromatic amines is 1. The largest absolute Gasteiger partial charge is 0.394 e. The molecule has 4 N–H and O–H groups in total. The number of aromatic nitrogens is 4. The van der Waals surface area contributed by atoms with Crippen molar-refractivity contribution in [1.82, 2.24) is 15.0 Å². The summed E-state index contributed by atoms with van der Waals surface area (Å²) >= 11 is 6.15. The van der Waals surface area contributed by atoms with E-state index >= 15 is 0 Å². The number of halogens is 1. The Morgan fingerprint density at radius 3 is 2.57 bits per heavy atom. The molecule has 2 heterocycles. The standard InChI is InChI=1S/C20H27ClN6O/c1-11(2)16(9-28)24-20-25-18(23-14-6-7-15(21)13(5)8-14)17-19(26-20)27(10-22-17)12(3)4/h6-8,10-12,16,28H,9H2,1-5H3,(H2,23,24,25,26)/p+1/t16-/m0/s1. The lowest BCUT2D eigenvalue weighted by molar-refractivity contribution is -0.692. The Labute approximate surface area is 170 Å². The maximum atomic E-state index is 9.68. The third-order valence-electron chi connectivity index (χ3n) is 4.78. The summed E-state index contributed by atoms with van der Waals surface area (Å²) in [5, 5.41) is 17.0. The van der Waals surface area contributed by atoms with Crippen LogP contribution >= 0.6 is 11.6 Å². The third kappa shape index (κ3) is 4.20. The zero-order chi connectivity index (χ0) is 20.4.